The van der Waals surface area contributed by atoms with Gasteiger partial charge in [0.25, 0.3) is 0 Å². The molecule has 15 atom stereocenters. The summed E-state index contributed by atoms with van der Waals surface area (Å²) in [6.07, 6.45) is -5.78. The fraction of sp³-hybridized carbons (Fsp3) is 0.806. The van der Waals surface area contributed by atoms with Crippen molar-refractivity contribution >= 4 is 0 Å². The second-order valence-corrected chi connectivity index (χ2v) is 13.1. The van der Waals surface area contributed by atoms with Crippen molar-refractivity contribution in [1.82, 2.24) is 0 Å². The van der Waals surface area contributed by atoms with Crippen molar-refractivity contribution in [3.8, 4) is 5.75 Å². The van der Waals surface area contributed by atoms with Crippen LogP contribution in [0.25, 0.3) is 0 Å². The number of hydrogen-bond donors (Lipinski definition) is 9. The Bertz CT molecular complexity index is 1090. The molecule has 1 saturated carbocycles. The van der Waals surface area contributed by atoms with E-state index < -0.39 is 80.2 Å². The van der Waals surface area contributed by atoms with Gasteiger partial charge in [-0.1, -0.05) is 12.1 Å². The largest absolute Gasteiger partial charge is 0.508 e. The van der Waals surface area contributed by atoms with Gasteiger partial charge >= 0.3 is 0 Å². The average molecular weight is 656 g/mol. The summed E-state index contributed by atoms with van der Waals surface area (Å²) in [5.41, 5.74) is 31.9. The first kappa shape index (κ1) is 35.8. The van der Waals surface area contributed by atoms with Crippen LogP contribution in [0.5, 0.6) is 5.75 Å². The SMILES string of the molecule is NC[C@@H]1CC[C@@H](N)[C@@H](O[C@H]2[C@H](O[C@@H]3O[C@H](CO)[C@@H](O[C@H]4O[C@@H](CN)CC[C@H]4N)[C@H]3O)[C@@H](O)[C@H](CCc3cccc(O)c3)C[C@@H]2N)O1. The zero-order valence-corrected chi connectivity index (χ0v) is 26.2. The van der Waals surface area contributed by atoms with Crippen LogP contribution in [-0.4, -0.2) is 126 Å². The van der Waals surface area contributed by atoms with Crippen molar-refractivity contribution in [2.24, 2.45) is 34.6 Å². The summed E-state index contributed by atoms with van der Waals surface area (Å²) in [5.74, 6) is -0.158. The summed E-state index contributed by atoms with van der Waals surface area (Å²) >= 11 is 0. The molecule has 0 amide bonds. The summed E-state index contributed by atoms with van der Waals surface area (Å²) < 4.78 is 36.7. The van der Waals surface area contributed by atoms with Crippen LogP contribution in [0, 0.1) is 5.92 Å². The molecule has 0 radical (unpaired) electrons. The highest BCUT2D eigenvalue weighted by Crippen LogP contribution is 2.37. The molecular formula is C31H53N5O10. The van der Waals surface area contributed by atoms with Gasteiger partial charge in [0.05, 0.1) is 37.0 Å². The lowest BCUT2D eigenvalue weighted by Crippen LogP contribution is -2.62. The number of aromatic hydroxyl groups is 1. The minimum absolute atomic E-state index is 0.161. The highest BCUT2D eigenvalue weighted by Gasteiger charge is 2.52. The number of aryl methyl sites for hydroxylation is 1. The fourth-order valence-electron chi connectivity index (χ4n) is 6.97. The maximum Gasteiger partial charge on any atom is 0.187 e. The van der Waals surface area contributed by atoms with E-state index in [1.54, 1.807) is 18.2 Å². The van der Waals surface area contributed by atoms with Crippen LogP contribution in [0.4, 0.5) is 0 Å². The van der Waals surface area contributed by atoms with Crippen molar-refractivity contribution in [2.45, 2.75) is 131 Å². The maximum atomic E-state index is 11.8. The van der Waals surface area contributed by atoms with Crippen LogP contribution < -0.4 is 28.7 Å². The second-order valence-electron chi connectivity index (χ2n) is 13.1. The van der Waals surface area contributed by atoms with E-state index in [9.17, 15) is 20.4 Å². The number of aliphatic hydroxyl groups excluding tert-OH is 3. The van der Waals surface area contributed by atoms with E-state index >= 15 is 0 Å². The van der Waals surface area contributed by atoms with Crippen LogP contribution in [-0.2, 0) is 34.8 Å². The summed E-state index contributed by atoms with van der Waals surface area (Å²) in [7, 11) is 0. The van der Waals surface area contributed by atoms with Gasteiger partial charge < -0.3 is 77.5 Å². The molecule has 3 saturated heterocycles. The third-order valence-electron chi connectivity index (χ3n) is 9.72. The predicted octanol–water partition coefficient (Wildman–Crippen LogP) is -2.15. The normalized spacial score (nSPS) is 43.5. The lowest BCUT2D eigenvalue weighted by atomic mass is 9.77. The van der Waals surface area contributed by atoms with Crippen LogP contribution >= 0.6 is 0 Å². The topological polar surface area (TPSA) is 266 Å². The van der Waals surface area contributed by atoms with Crippen molar-refractivity contribution in [1.29, 1.82) is 0 Å². The van der Waals surface area contributed by atoms with Gasteiger partial charge in [-0.25, -0.2) is 0 Å². The number of hydrogen-bond acceptors (Lipinski definition) is 15. The molecule has 14 N–H and O–H groups in total. The number of rotatable bonds is 12. The molecule has 1 aromatic carbocycles. The summed E-state index contributed by atoms with van der Waals surface area (Å²) in [5, 5.41) is 43.2. The molecular weight excluding hydrogens is 602 g/mol. The number of phenolic OH excluding ortho intramolecular Hbond substituents is 1. The van der Waals surface area contributed by atoms with Crippen molar-refractivity contribution < 1.29 is 48.8 Å². The first-order valence-corrected chi connectivity index (χ1v) is 16.5. The zero-order valence-electron chi connectivity index (χ0n) is 26.2. The predicted molar refractivity (Wildman–Crippen MR) is 165 cm³/mol. The van der Waals surface area contributed by atoms with Crippen molar-refractivity contribution in [3.63, 3.8) is 0 Å². The molecule has 15 nitrogen and oxygen atoms in total. The molecule has 0 bridgehead atoms. The quantitative estimate of drug-likeness (QED) is 0.116. The van der Waals surface area contributed by atoms with Gasteiger partial charge in [-0.2, -0.15) is 0 Å². The molecule has 46 heavy (non-hydrogen) atoms. The van der Waals surface area contributed by atoms with E-state index in [0.29, 0.717) is 58.0 Å². The van der Waals surface area contributed by atoms with E-state index in [1.807, 2.05) is 6.07 Å². The highest BCUT2D eigenvalue weighted by atomic mass is 16.8. The van der Waals surface area contributed by atoms with Gasteiger partial charge in [-0.3, -0.25) is 0 Å². The Balaban J connectivity index is 1.33. The molecule has 1 aliphatic carbocycles. The zero-order chi connectivity index (χ0) is 33.0. The molecule has 262 valence electrons. The molecule has 4 aliphatic rings. The number of benzene rings is 1. The van der Waals surface area contributed by atoms with E-state index in [0.717, 1.165) is 5.56 Å². The average Bonchev–Trinajstić information content (AvgIpc) is 3.34. The lowest BCUT2D eigenvalue weighted by molar-refractivity contribution is -0.291. The van der Waals surface area contributed by atoms with Gasteiger partial charge in [-0.15, -0.1) is 0 Å². The number of nitrogens with two attached hydrogens (primary N) is 5. The fourth-order valence-corrected chi connectivity index (χ4v) is 6.97. The first-order chi connectivity index (χ1) is 22.1. The van der Waals surface area contributed by atoms with Crippen molar-refractivity contribution in [3.05, 3.63) is 29.8 Å². The minimum Gasteiger partial charge on any atom is -0.508 e. The van der Waals surface area contributed by atoms with Crippen LogP contribution in [0.3, 0.4) is 0 Å². The summed E-state index contributed by atoms with van der Waals surface area (Å²) in [6, 6.07) is 5.44. The van der Waals surface area contributed by atoms with E-state index in [1.165, 1.54) is 0 Å². The van der Waals surface area contributed by atoms with Crippen LogP contribution in [0.1, 0.15) is 44.1 Å². The highest BCUT2D eigenvalue weighted by molar-refractivity contribution is 5.27. The monoisotopic (exact) mass is 655 g/mol. The van der Waals surface area contributed by atoms with Gasteiger partial charge in [0, 0.05) is 19.1 Å². The Kier molecular flexibility index (Phi) is 12.6. The molecule has 5 rings (SSSR count). The molecule has 3 heterocycles. The van der Waals surface area contributed by atoms with Crippen molar-refractivity contribution in [2.75, 3.05) is 19.7 Å². The molecule has 15 heteroatoms. The smallest absolute Gasteiger partial charge is 0.187 e. The second kappa shape index (κ2) is 16.2. The molecule has 0 unspecified atom stereocenters. The summed E-state index contributed by atoms with van der Waals surface area (Å²) in [6.45, 7) is 0.114. The van der Waals surface area contributed by atoms with E-state index in [2.05, 4.69) is 0 Å². The molecule has 3 aliphatic heterocycles. The Morgan fingerprint density at radius 1 is 0.739 bits per heavy atom. The third kappa shape index (κ3) is 8.36. The standard InChI is InChI=1S/C31H53N5O10/c32-12-18-6-8-20(34)29(41-18)44-26-22(36)11-16(5-4-15-2-1-3-17(38)10-15)24(39)28(26)46-31-25(40)27(23(14-37)43-31)45-30-21(35)9-7-19(13-33)42-30/h1-3,10,16,18-31,37-40H,4-9,11-14,32-36H2/t16-,18+,19-,20-,21-,22+,23-,24+,25-,26-,27-,28-,29-,30-,31+/m1/s1. The molecule has 0 spiro atoms. The van der Waals surface area contributed by atoms with E-state index in [4.69, 9.17) is 57.1 Å². The minimum atomic E-state index is -1.38. The lowest BCUT2D eigenvalue weighted by Gasteiger charge is -2.46. The molecule has 1 aromatic rings. The third-order valence-corrected chi connectivity index (χ3v) is 9.72. The molecule has 0 aromatic heterocycles. The van der Waals surface area contributed by atoms with Crippen LogP contribution in [0.15, 0.2) is 24.3 Å². The van der Waals surface area contributed by atoms with E-state index in [-0.39, 0.29) is 23.9 Å². The Morgan fingerprint density at radius 3 is 1.93 bits per heavy atom. The Labute approximate surface area is 269 Å². The first-order valence-electron chi connectivity index (χ1n) is 16.5. The summed E-state index contributed by atoms with van der Waals surface area (Å²) in [4.78, 5) is 0. The Hall–Kier alpha value is -1.54. The Morgan fingerprint density at radius 2 is 1.35 bits per heavy atom. The maximum absolute atomic E-state index is 11.8. The molecule has 4 fully saturated rings. The van der Waals surface area contributed by atoms with Gasteiger partial charge in [-0.05, 0) is 68.6 Å². The van der Waals surface area contributed by atoms with Gasteiger partial charge in [0.2, 0.25) is 0 Å². The number of aliphatic hydroxyl groups is 3. The number of phenols is 1. The van der Waals surface area contributed by atoms with Gasteiger partial charge in [0.15, 0.2) is 18.9 Å². The van der Waals surface area contributed by atoms with Crippen LogP contribution in [0.2, 0.25) is 0 Å². The van der Waals surface area contributed by atoms with Gasteiger partial charge in [0.1, 0.15) is 36.3 Å². The number of ether oxygens (including phenoxy) is 6.